The lowest BCUT2D eigenvalue weighted by Crippen LogP contribution is -2.32. The first-order valence-corrected chi connectivity index (χ1v) is 10.4. The predicted molar refractivity (Wildman–Crippen MR) is 112 cm³/mol. The van der Waals surface area contributed by atoms with Gasteiger partial charge in [-0.1, -0.05) is 26.8 Å². The van der Waals surface area contributed by atoms with E-state index in [2.05, 4.69) is 41.2 Å². The van der Waals surface area contributed by atoms with E-state index in [1.807, 2.05) is 6.07 Å². The van der Waals surface area contributed by atoms with Crippen LogP contribution in [0, 0.1) is 26.9 Å². The number of fused-ring (bicyclic) bond motifs is 2. The van der Waals surface area contributed by atoms with E-state index >= 15 is 0 Å². The lowest BCUT2D eigenvalue weighted by molar-refractivity contribution is -0.387. The molecule has 0 radical (unpaired) electrons. The first-order valence-electron chi connectivity index (χ1n) is 9.63. The van der Waals surface area contributed by atoms with Gasteiger partial charge < -0.3 is 4.57 Å². The number of nitro benzene ring substituents is 1. The summed E-state index contributed by atoms with van der Waals surface area (Å²) in [5, 5.41) is 28.7. The Balaban J connectivity index is 1.56. The van der Waals surface area contributed by atoms with E-state index in [-0.39, 0.29) is 21.4 Å². The quantitative estimate of drug-likeness (QED) is 0.409. The largest absolute Gasteiger partial charge is 0.311 e. The standard InChI is InChI=1S/C20H24N6O2S/c1-19(2)14-7-8-20(19,3)17(10-14)23-21-11-13-5-6-16(15(9-13)26(27)28)29-18-24-22-12-25(18)4/h5-6,9,11-12,14H,7-8,10H2,1-4H3/b21-11-,23-17-/t14-,20+/m1/s1. The fourth-order valence-electron chi connectivity index (χ4n) is 4.55. The number of aromatic nitrogens is 3. The molecule has 0 N–H and O–H groups in total. The summed E-state index contributed by atoms with van der Waals surface area (Å²) in [4.78, 5) is 11.7. The van der Waals surface area contributed by atoms with Crippen molar-refractivity contribution >= 4 is 29.4 Å². The molecule has 2 saturated carbocycles. The summed E-state index contributed by atoms with van der Waals surface area (Å²) in [6.45, 7) is 6.94. The van der Waals surface area contributed by atoms with Crippen molar-refractivity contribution in [3.8, 4) is 0 Å². The van der Waals surface area contributed by atoms with Crippen molar-refractivity contribution in [3.05, 3.63) is 40.2 Å². The third kappa shape index (κ3) is 3.27. The van der Waals surface area contributed by atoms with Gasteiger partial charge in [0.25, 0.3) is 5.69 Å². The molecule has 2 atom stereocenters. The van der Waals surface area contributed by atoms with E-state index in [1.165, 1.54) is 24.2 Å². The van der Waals surface area contributed by atoms with Gasteiger partial charge in [-0.05, 0) is 48.4 Å². The van der Waals surface area contributed by atoms with Crippen LogP contribution in [0.15, 0.2) is 44.8 Å². The number of nitrogens with zero attached hydrogens (tertiary/aromatic N) is 6. The Morgan fingerprint density at radius 3 is 2.76 bits per heavy atom. The van der Waals surface area contributed by atoms with Crippen LogP contribution >= 0.6 is 11.8 Å². The van der Waals surface area contributed by atoms with Crippen LogP contribution in [0.2, 0.25) is 0 Å². The van der Waals surface area contributed by atoms with E-state index < -0.39 is 0 Å². The number of rotatable bonds is 5. The van der Waals surface area contributed by atoms with Crippen molar-refractivity contribution in [2.45, 2.75) is 50.1 Å². The normalized spacial score (nSPS) is 26.6. The van der Waals surface area contributed by atoms with E-state index in [1.54, 1.807) is 30.2 Å². The second-order valence-corrected chi connectivity index (χ2v) is 9.60. The monoisotopic (exact) mass is 412 g/mol. The van der Waals surface area contributed by atoms with E-state index in [0.29, 0.717) is 21.5 Å². The summed E-state index contributed by atoms with van der Waals surface area (Å²) < 4.78 is 1.72. The van der Waals surface area contributed by atoms with Crippen LogP contribution in [0.3, 0.4) is 0 Å². The zero-order valence-electron chi connectivity index (χ0n) is 17.0. The van der Waals surface area contributed by atoms with E-state index in [4.69, 9.17) is 0 Å². The van der Waals surface area contributed by atoms with Crippen LogP contribution in [-0.4, -0.2) is 31.6 Å². The van der Waals surface area contributed by atoms with Crippen LogP contribution in [-0.2, 0) is 7.05 Å². The molecule has 2 aliphatic carbocycles. The molecule has 4 rings (SSSR count). The molecule has 1 aromatic carbocycles. The Bertz CT molecular complexity index is 1030. The maximum Gasteiger partial charge on any atom is 0.283 e. The number of hydrogen-bond acceptors (Lipinski definition) is 7. The van der Waals surface area contributed by atoms with E-state index in [9.17, 15) is 10.1 Å². The third-order valence-corrected chi connectivity index (χ3v) is 8.07. The molecule has 9 heteroatoms. The van der Waals surface area contributed by atoms with E-state index in [0.717, 1.165) is 18.6 Å². The SMILES string of the molecule is Cn1cnnc1Sc1ccc(/C=N\N=C2\C[C@H]3CC[C@]2(C)C3(C)C)cc1[N+](=O)[O-]. The Kier molecular flexibility index (Phi) is 4.80. The Morgan fingerprint density at radius 2 is 2.17 bits per heavy atom. The van der Waals surface area contributed by atoms with Gasteiger partial charge in [0.05, 0.1) is 16.0 Å². The smallest absolute Gasteiger partial charge is 0.283 e. The summed E-state index contributed by atoms with van der Waals surface area (Å²) >= 11 is 1.21. The Morgan fingerprint density at radius 1 is 1.38 bits per heavy atom. The molecule has 0 amide bonds. The highest BCUT2D eigenvalue weighted by Gasteiger charge is 2.59. The molecule has 0 saturated heterocycles. The Hall–Kier alpha value is -2.55. The molecule has 1 heterocycles. The molecule has 8 nitrogen and oxygen atoms in total. The highest BCUT2D eigenvalue weighted by molar-refractivity contribution is 7.99. The molecule has 2 aromatic rings. The average molecular weight is 413 g/mol. The van der Waals surface area contributed by atoms with Gasteiger partial charge in [0.2, 0.25) is 0 Å². The fraction of sp³-hybridized carbons (Fsp3) is 0.500. The first kappa shape index (κ1) is 19.8. The number of benzene rings is 1. The molecule has 152 valence electrons. The summed E-state index contributed by atoms with van der Waals surface area (Å²) in [6, 6.07) is 5.05. The minimum atomic E-state index is -0.387. The van der Waals surface area contributed by atoms with Crippen LogP contribution in [0.4, 0.5) is 5.69 Å². The number of hydrogen-bond donors (Lipinski definition) is 0. The topological polar surface area (TPSA) is 98.6 Å². The molecule has 0 unspecified atom stereocenters. The van der Waals surface area contributed by atoms with Crippen molar-refractivity contribution in [1.82, 2.24) is 14.8 Å². The molecule has 2 bridgehead atoms. The summed E-state index contributed by atoms with van der Waals surface area (Å²) in [5.74, 6) is 0.666. The van der Waals surface area contributed by atoms with Crippen molar-refractivity contribution in [3.63, 3.8) is 0 Å². The zero-order valence-corrected chi connectivity index (χ0v) is 17.8. The maximum atomic E-state index is 11.5. The van der Waals surface area contributed by atoms with Gasteiger partial charge in [0.1, 0.15) is 6.33 Å². The van der Waals surface area contributed by atoms with Crippen LogP contribution in [0.5, 0.6) is 0 Å². The molecule has 1 aromatic heterocycles. The molecular weight excluding hydrogens is 388 g/mol. The number of aryl methyl sites for hydroxylation is 1. The van der Waals surface area contributed by atoms with Crippen molar-refractivity contribution in [1.29, 1.82) is 0 Å². The van der Waals surface area contributed by atoms with Crippen molar-refractivity contribution < 1.29 is 4.92 Å². The minimum absolute atomic E-state index is 0.0163. The molecule has 2 fully saturated rings. The van der Waals surface area contributed by atoms with Crippen LogP contribution in [0.25, 0.3) is 0 Å². The molecular formula is C20H24N6O2S. The lowest BCUT2D eigenvalue weighted by Gasteiger charge is -2.34. The molecule has 2 aliphatic rings. The van der Waals surface area contributed by atoms with Gasteiger partial charge in [-0.15, -0.1) is 10.2 Å². The summed E-state index contributed by atoms with van der Waals surface area (Å²) in [7, 11) is 1.80. The minimum Gasteiger partial charge on any atom is -0.311 e. The van der Waals surface area contributed by atoms with Gasteiger partial charge in [-0.3, -0.25) is 10.1 Å². The molecule has 0 aliphatic heterocycles. The highest BCUT2D eigenvalue weighted by atomic mass is 32.2. The molecule has 29 heavy (non-hydrogen) atoms. The van der Waals surface area contributed by atoms with Gasteiger partial charge in [0, 0.05) is 29.8 Å². The predicted octanol–water partition coefficient (Wildman–Crippen LogP) is 4.50. The van der Waals surface area contributed by atoms with Crippen LogP contribution < -0.4 is 0 Å². The maximum absolute atomic E-state index is 11.5. The summed E-state index contributed by atoms with van der Waals surface area (Å²) in [5.41, 5.74) is 2.16. The van der Waals surface area contributed by atoms with Crippen molar-refractivity contribution in [2.24, 2.45) is 34.0 Å². The van der Waals surface area contributed by atoms with Gasteiger partial charge in [0.15, 0.2) is 5.16 Å². The summed E-state index contributed by atoms with van der Waals surface area (Å²) in [6.07, 6.45) is 6.56. The highest BCUT2D eigenvalue weighted by Crippen LogP contribution is 2.64. The Labute approximate surface area is 173 Å². The number of nitro groups is 1. The fourth-order valence-corrected chi connectivity index (χ4v) is 5.40. The second-order valence-electron chi connectivity index (χ2n) is 8.60. The van der Waals surface area contributed by atoms with Crippen molar-refractivity contribution in [2.75, 3.05) is 0 Å². The zero-order chi connectivity index (χ0) is 20.8. The average Bonchev–Trinajstić information content (AvgIpc) is 3.23. The second kappa shape index (κ2) is 7.05. The van der Waals surface area contributed by atoms with Crippen LogP contribution in [0.1, 0.15) is 45.6 Å². The molecule has 0 spiro atoms. The first-order chi connectivity index (χ1) is 13.7. The van der Waals surface area contributed by atoms with Gasteiger partial charge >= 0.3 is 0 Å². The van der Waals surface area contributed by atoms with Gasteiger partial charge in [-0.25, -0.2) is 0 Å². The third-order valence-electron chi connectivity index (χ3n) is 6.95. The lowest BCUT2D eigenvalue weighted by atomic mass is 9.70. The van der Waals surface area contributed by atoms with Gasteiger partial charge in [-0.2, -0.15) is 10.2 Å².